The van der Waals surface area contributed by atoms with Crippen molar-refractivity contribution < 1.29 is 19.4 Å². The number of carbonyl (C=O) groups is 1. The first kappa shape index (κ1) is 23.5. The van der Waals surface area contributed by atoms with Crippen LogP contribution >= 0.6 is 50.7 Å². The molecule has 5 nitrogen and oxygen atoms in total. The number of methoxy groups -OCH3 is 1. The largest absolute Gasteiger partial charge is 0.493 e. The third-order valence-corrected chi connectivity index (χ3v) is 6.10. The molecule has 0 saturated heterocycles. The molecule has 0 atom stereocenters. The highest BCUT2D eigenvalue weighted by atomic mass is 79.9. The van der Waals surface area contributed by atoms with E-state index in [0.29, 0.717) is 33.8 Å². The Morgan fingerprint density at radius 2 is 1.84 bits per heavy atom. The number of aromatic carboxylic acids is 1. The number of benzene rings is 3. The second-order valence-corrected chi connectivity index (χ2v) is 8.54. The van der Waals surface area contributed by atoms with E-state index >= 15 is 0 Å². The van der Waals surface area contributed by atoms with Crippen molar-refractivity contribution in [3.63, 3.8) is 0 Å². The molecule has 9 heteroatoms. The number of hydrogen-bond acceptors (Lipinski definition) is 4. The molecule has 0 heterocycles. The van der Waals surface area contributed by atoms with E-state index in [-0.39, 0.29) is 17.2 Å². The zero-order valence-corrected chi connectivity index (χ0v) is 20.1. The van der Waals surface area contributed by atoms with Crippen LogP contribution in [0.15, 0.2) is 53.0 Å². The van der Waals surface area contributed by atoms with Gasteiger partial charge in [0.05, 0.1) is 17.7 Å². The van der Waals surface area contributed by atoms with Crippen LogP contribution in [-0.2, 0) is 13.2 Å². The Hall–Kier alpha value is -2.12. The smallest absolute Gasteiger partial charge is 0.337 e. The Morgan fingerprint density at radius 3 is 2.52 bits per heavy atom. The third kappa shape index (κ3) is 5.77. The van der Waals surface area contributed by atoms with Gasteiger partial charge in [0.2, 0.25) is 0 Å². The van der Waals surface area contributed by atoms with Gasteiger partial charge in [-0.2, -0.15) is 0 Å². The summed E-state index contributed by atoms with van der Waals surface area (Å²) in [6.45, 7) is 0.544. The molecule has 0 saturated carbocycles. The molecular formula is C22H17BrCl3NO4. The van der Waals surface area contributed by atoms with Gasteiger partial charge >= 0.3 is 5.97 Å². The Kier molecular flexibility index (Phi) is 7.94. The van der Waals surface area contributed by atoms with Crippen LogP contribution in [-0.4, -0.2) is 18.2 Å². The van der Waals surface area contributed by atoms with Crippen molar-refractivity contribution in [3.05, 3.63) is 84.8 Å². The minimum Gasteiger partial charge on any atom is -0.493 e. The van der Waals surface area contributed by atoms with Gasteiger partial charge in [-0.05, 0) is 42.5 Å². The lowest BCUT2D eigenvalue weighted by molar-refractivity contribution is 0.0697. The van der Waals surface area contributed by atoms with Gasteiger partial charge in [0.25, 0.3) is 0 Å². The molecule has 0 aliphatic rings. The van der Waals surface area contributed by atoms with Gasteiger partial charge in [-0.15, -0.1) is 0 Å². The van der Waals surface area contributed by atoms with E-state index in [9.17, 15) is 9.90 Å². The molecule has 0 aliphatic carbocycles. The Balaban J connectivity index is 1.86. The van der Waals surface area contributed by atoms with Crippen molar-refractivity contribution in [2.45, 2.75) is 13.2 Å². The van der Waals surface area contributed by atoms with Crippen LogP contribution in [0.4, 0.5) is 5.69 Å². The van der Waals surface area contributed by atoms with E-state index in [2.05, 4.69) is 21.2 Å². The van der Waals surface area contributed by atoms with Crippen LogP contribution < -0.4 is 14.8 Å². The first-order chi connectivity index (χ1) is 14.8. The van der Waals surface area contributed by atoms with Crippen molar-refractivity contribution in [1.29, 1.82) is 0 Å². The Morgan fingerprint density at radius 1 is 1.06 bits per heavy atom. The van der Waals surface area contributed by atoms with Crippen LogP contribution in [0.5, 0.6) is 11.5 Å². The fourth-order valence-electron chi connectivity index (χ4n) is 2.84. The van der Waals surface area contributed by atoms with Crippen LogP contribution in [0.1, 0.15) is 21.5 Å². The van der Waals surface area contributed by atoms with Gasteiger partial charge in [0.1, 0.15) is 6.61 Å². The Labute approximate surface area is 203 Å². The Bertz CT molecular complexity index is 1120. The van der Waals surface area contributed by atoms with Crippen LogP contribution in [0.2, 0.25) is 15.1 Å². The molecule has 0 aliphatic heterocycles. The van der Waals surface area contributed by atoms with Gasteiger partial charge in [-0.25, -0.2) is 4.79 Å². The average Bonchev–Trinajstić information content (AvgIpc) is 2.73. The molecule has 0 aromatic heterocycles. The number of hydrogen-bond donors (Lipinski definition) is 2. The summed E-state index contributed by atoms with van der Waals surface area (Å²) in [6.07, 6.45) is 0. The number of carboxylic acid groups (broad SMARTS) is 1. The van der Waals surface area contributed by atoms with E-state index < -0.39 is 5.97 Å². The van der Waals surface area contributed by atoms with Crippen molar-refractivity contribution in [3.8, 4) is 11.5 Å². The lowest BCUT2D eigenvalue weighted by Gasteiger charge is -2.18. The molecule has 0 fully saturated rings. The number of halogens is 4. The molecule has 0 unspecified atom stereocenters. The summed E-state index contributed by atoms with van der Waals surface area (Å²) in [5.41, 5.74) is 2.18. The maximum Gasteiger partial charge on any atom is 0.337 e. The minimum absolute atomic E-state index is 0.0187. The molecular weight excluding hydrogens is 529 g/mol. The second-order valence-electron chi connectivity index (χ2n) is 6.44. The molecule has 0 amide bonds. The quantitative estimate of drug-likeness (QED) is 0.311. The number of nitrogens with one attached hydrogen (secondary N) is 1. The predicted octanol–water partition coefficient (Wildman–Crippen LogP) is 7.31. The van der Waals surface area contributed by atoms with Crippen LogP contribution in [0.25, 0.3) is 0 Å². The zero-order chi connectivity index (χ0) is 22.5. The standard InChI is InChI=1S/C22H17BrCl3NO4/c1-30-20-7-5-17(23)16(10-27-14-4-6-18(25)15(9-14)22(28)29)21(20)31-11-12-2-3-13(24)8-19(12)26/h2-9,27H,10-11H2,1H3,(H,28,29). The molecule has 162 valence electrons. The molecule has 31 heavy (non-hydrogen) atoms. The molecule has 0 radical (unpaired) electrons. The summed E-state index contributed by atoms with van der Waals surface area (Å²) in [7, 11) is 1.56. The van der Waals surface area contributed by atoms with Gasteiger partial charge in [-0.1, -0.05) is 56.8 Å². The van der Waals surface area contributed by atoms with Gasteiger partial charge in [-0.3, -0.25) is 0 Å². The monoisotopic (exact) mass is 543 g/mol. The van der Waals surface area contributed by atoms with Gasteiger partial charge in [0.15, 0.2) is 11.5 Å². The average molecular weight is 546 g/mol. The first-order valence-electron chi connectivity index (χ1n) is 8.99. The summed E-state index contributed by atoms with van der Waals surface area (Å²) in [5.74, 6) is -0.0182. The molecule has 0 spiro atoms. The van der Waals surface area contributed by atoms with Crippen molar-refractivity contribution in [1.82, 2.24) is 0 Å². The zero-order valence-electron chi connectivity index (χ0n) is 16.2. The van der Waals surface area contributed by atoms with Crippen molar-refractivity contribution >= 4 is 62.4 Å². The van der Waals surface area contributed by atoms with E-state index in [4.69, 9.17) is 44.3 Å². The van der Waals surface area contributed by atoms with E-state index in [1.165, 1.54) is 12.1 Å². The normalized spacial score (nSPS) is 10.6. The minimum atomic E-state index is -1.10. The first-order valence-corrected chi connectivity index (χ1v) is 10.9. The number of anilines is 1. The van der Waals surface area contributed by atoms with Gasteiger partial charge in [0, 0.05) is 37.9 Å². The molecule has 3 aromatic rings. The lowest BCUT2D eigenvalue weighted by Crippen LogP contribution is -2.07. The maximum absolute atomic E-state index is 11.3. The fraction of sp³-hybridized carbons (Fsp3) is 0.136. The molecule has 0 bridgehead atoms. The summed E-state index contributed by atoms with van der Waals surface area (Å²) in [6, 6.07) is 13.6. The van der Waals surface area contributed by atoms with Crippen LogP contribution in [0, 0.1) is 0 Å². The molecule has 3 rings (SSSR count). The number of rotatable bonds is 8. The predicted molar refractivity (Wildman–Crippen MR) is 127 cm³/mol. The third-order valence-electron chi connectivity index (χ3n) is 4.44. The van der Waals surface area contributed by atoms with E-state index in [1.807, 2.05) is 6.07 Å². The second kappa shape index (κ2) is 10.5. The lowest BCUT2D eigenvalue weighted by atomic mass is 10.1. The highest BCUT2D eigenvalue weighted by Crippen LogP contribution is 2.38. The number of ether oxygens (including phenoxy) is 2. The number of carboxylic acids is 1. The van der Waals surface area contributed by atoms with Crippen LogP contribution in [0.3, 0.4) is 0 Å². The van der Waals surface area contributed by atoms with Crippen molar-refractivity contribution in [2.75, 3.05) is 12.4 Å². The SMILES string of the molecule is COc1ccc(Br)c(CNc2ccc(Cl)c(C(=O)O)c2)c1OCc1ccc(Cl)cc1Cl. The summed E-state index contributed by atoms with van der Waals surface area (Å²) in [5, 5.41) is 13.7. The summed E-state index contributed by atoms with van der Waals surface area (Å²) >= 11 is 21.7. The molecule has 2 N–H and O–H groups in total. The topological polar surface area (TPSA) is 67.8 Å². The maximum atomic E-state index is 11.3. The summed E-state index contributed by atoms with van der Waals surface area (Å²) < 4.78 is 12.3. The van der Waals surface area contributed by atoms with Gasteiger partial charge < -0.3 is 19.9 Å². The van der Waals surface area contributed by atoms with E-state index in [0.717, 1.165) is 15.6 Å². The highest BCUT2D eigenvalue weighted by Gasteiger charge is 2.16. The van der Waals surface area contributed by atoms with E-state index in [1.54, 1.807) is 37.4 Å². The summed E-state index contributed by atoms with van der Waals surface area (Å²) in [4.78, 5) is 11.3. The highest BCUT2D eigenvalue weighted by molar-refractivity contribution is 9.10. The molecule has 3 aromatic carbocycles. The van der Waals surface area contributed by atoms with Crippen molar-refractivity contribution in [2.24, 2.45) is 0 Å². The fourth-order valence-corrected chi connectivity index (χ4v) is 3.96.